The van der Waals surface area contributed by atoms with E-state index in [1.807, 2.05) is 42.5 Å². The number of nitrogens with zero attached hydrogens (tertiary/aromatic N) is 1. The largest absolute Gasteiger partial charge is 0.385 e. The Balaban J connectivity index is 1.81. The topological polar surface area (TPSA) is 58.6 Å². The van der Waals surface area contributed by atoms with E-state index in [9.17, 15) is 9.59 Å². The summed E-state index contributed by atoms with van der Waals surface area (Å²) in [6, 6.07) is 14.9. The van der Waals surface area contributed by atoms with Crippen LogP contribution in [-0.2, 0) is 14.3 Å². The van der Waals surface area contributed by atoms with E-state index in [4.69, 9.17) is 16.3 Å². The van der Waals surface area contributed by atoms with E-state index < -0.39 is 0 Å². The van der Waals surface area contributed by atoms with Crippen molar-refractivity contribution in [2.75, 3.05) is 31.7 Å². The lowest BCUT2D eigenvalue weighted by Gasteiger charge is -2.29. The Morgan fingerprint density at radius 2 is 1.96 bits per heavy atom. The number of ether oxygens (including phenoxy) is 1. The molecular formula is C21H21ClN2O3S. The predicted molar refractivity (Wildman–Crippen MR) is 114 cm³/mol. The molecule has 5 nitrogen and oxygen atoms in total. The third-order valence-corrected chi connectivity index (χ3v) is 5.48. The molecule has 0 unspecified atom stereocenters. The molecule has 1 aliphatic rings. The predicted octanol–water partition coefficient (Wildman–Crippen LogP) is 3.97. The number of fused-ring (bicyclic) bond motifs is 1. The summed E-state index contributed by atoms with van der Waals surface area (Å²) in [5, 5.41) is 3.47. The van der Waals surface area contributed by atoms with Gasteiger partial charge in [-0.25, -0.2) is 0 Å². The molecule has 0 fully saturated rings. The fourth-order valence-electron chi connectivity index (χ4n) is 2.77. The number of nitrogens with one attached hydrogen (secondary N) is 1. The molecule has 1 aliphatic heterocycles. The molecule has 0 radical (unpaired) electrons. The maximum atomic E-state index is 13.1. The lowest BCUT2D eigenvalue weighted by Crippen LogP contribution is -2.43. The van der Waals surface area contributed by atoms with Crippen molar-refractivity contribution < 1.29 is 14.3 Å². The fourth-order valence-corrected chi connectivity index (χ4v) is 3.96. The fraction of sp³-hybridized carbons (Fsp3) is 0.238. The Kier molecular flexibility index (Phi) is 7.14. The molecule has 28 heavy (non-hydrogen) atoms. The van der Waals surface area contributed by atoms with Crippen molar-refractivity contribution in [2.45, 2.75) is 11.3 Å². The number of carbonyl (C=O) groups excluding carboxylic acids is 2. The first-order valence-corrected chi connectivity index (χ1v) is 10.1. The molecule has 1 N–H and O–H groups in total. The lowest BCUT2D eigenvalue weighted by molar-refractivity contribution is -0.122. The van der Waals surface area contributed by atoms with Gasteiger partial charge in [0.1, 0.15) is 6.54 Å². The number of anilines is 1. The number of halogens is 1. The van der Waals surface area contributed by atoms with Crippen molar-refractivity contribution in [1.82, 2.24) is 5.32 Å². The van der Waals surface area contributed by atoms with E-state index in [-0.39, 0.29) is 18.4 Å². The molecule has 0 aromatic heterocycles. The molecule has 7 heteroatoms. The molecule has 146 valence electrons. The lowest BCUT2D eigenvalue weighted by atomic mass is 10.2. The number of carbonyl (C=O) groups is 2. The highest BCUT2D eigenvalue weighted by Gasteiger charge is 2.30. The second kappa shape index (κ2) is 9.78. The van der Waals surface area contributed by atoms with Crippen LogP contribution in [0.3, 0.4) is 0 Å². The normalized spacial score (nSPS) is 14.9. The van der Waals surface area contributed by atoms with Gasteiger partial charge in [0.25, 0.3) is 5.91 Å². The van der Waals surface area contributed by atoms with Crippen LogP contribution in [0.2, 0.25) is 5.02 Å². The first-order valence-electron chi connectivity index (χ1n) is 8.90. The van der Waals surface area contributed by atoms with Crippen LogP contribution in [0.4, 0.5) is 5.69 Å². The summed E-state index contributed by atoms with van der Waals surface area (Å²) in [4.78, 5) is 28.5. The minimum Gasteiger partial charge on any atom is -0.385 e. The molecule has 2 aromatic carbocycles. The van der Waals surface area contributed by atoms with Gasteiger partial charge < -0.3 is 10.1 Å². The maximum Gasteiger partial charge on any atom is 0.265 e. The number of thioether (sulfide) groups is 1. The van der Waals surface area contributed by atoms with Crippen LogP contribution >= 0.6 is 23.4 Å². The zero-order valence-electron chi connectivity index (χ0n) is 15.5. The Morgan fingerprint density at radius 3 is 2.71 bits per heavy atom. The van der Waals surface area contributed by atoms with Crippen LogP contribution in [-0.4, -0.2) is 38.6 Å². The van der Waals surface area contributed by atoms with Gasteiger partial charge in [0.2, 0.25) is 5.91 Å². The smallest absolute Gasteiger partial charge is 0.265 e. The van der Waals surface area contributed by atoms with Crippen molar-refractivity contribution in [3.63, 3.8) is 0 Å². The van der Waals surface area contributed by atoms with Gasteiger partial charge in [-0.2, -0.15) is 0 Å². The quantitative estimate of drug-likeness (QED) is 0.548. The summed E-state index contributed by atoms with van der Waals surface area (Å²) in [7, 11) is 1.62. The van der Waals surface area contributed by atoms with Gasteiger partial charge >= 0.3 is 0 Å². The number of benzene rings is 2. The molecule has 0 spiro atoms. The minimum absolute atomic E-state index is 0.0264. The van der Waals surface area contributed by atoms with Crippen LogP contribution in [0.25, 0.3) is 6.08 Å². The molecule has 2 amide bonds. The van der Waals surface area contributed by atoms with Gasteiger partial charge in [-0.15, -0.1) is 0 Å². The number of hydrogen-bond acceptors (Lipinski definition) is 4. The van der Waals surface area contributed by atoms with Crippen LogP contribution in [0, 0.1) is 0 Å². The number of rotatable bonds is 7. The van der Waals surface area contributed by atoms with E-state index >= 15 is 0 Å². The number of methoxy groups -OCH3 is 1. The molecule has 1 heterocycles. The Bertz CT molecular complexity index is 883. The van der Waals surface area contributed by atoms with Gasteiger partial charge in [0.05, 0.1) is 10.6 Å². The van der Waals surface area contributed by atoms with Crippen molar-refractivity contribution in [1.29, 1.82) is 0 Å². The third-order valence-electron chi connectivity index (χ3n) is 4.15. The Labute approximate surface area is 173 Å². The van der Waals surface area contributed by atoms with Crippen molar-refractivity contribution in [3.05, 3.63) is 64.0 Å². The molecular weight excluding hydrogens is 396 g/mol. The van der Waals surface area contributed by atoms with Gasteiger partial charge in [0, 0.05) is 30.2 Å². The SMILES string of the molecule is COCCCNC(=O)CN1C(=O)C(=Cc2ccc(Cl)cc2)Sc2ccccc21. The molecule has 2 aromatic rings. The highest BCUT2D eigenvalue weighted by atomic mass is 35.5. The molecule has 0 saturated carbocycles. The summed E-state index contributed by atoms with van der Waals surface area (Å²) < 4.78 is 4.98. The van der Waals surface area contributed by atoms with Crippen molar-refractivity contribution in [3.8, 4) is 0 Å². The highest BCUT2D eigenvalue weighted by Crippen LogP contribution is 2.41. The average molecular weight is 417 g/mol. The van der Waals surface area contributed by atoms with Crippen LogP contribution in [0.5, 0.6) is 0 Å². The van der Waals surface area contributed by atoms with E-state index in [1.165, 1.54) is 16.7 Å². The highest BCUT2D eigenvalue weighted by molar-refractivity contribution is 8.04. The number of para-hydroxylation sites is 1. The first-order chi connectivity index (χ1) is 13.6. The molecule has 0 saturated heterocycles. The second-order valence-corrected chi connectivity index (χ2v) is 7.74. The first kappa shape index (κ1) is 20.5. The zero-order chi connectivity index (χ0) is 19.9. The summed E-state index contributed by atoms with van der Waals surface area (Å²) in [6.07, 6.45) is 2.55. The Hall–Kier alpha value is -2.28. The standard InChI is InChI=1S/C21H21ClN2O3S/c1-27-12-4-11-23-20(25)14-24-17-5-2-3-6-18(17)28-19(21(24)26)13-15-7-9-16(22)10-8-15/h2-3,5-10,13H,4,11-12,14H2,1H3,(H,23,25). The van der Waals surface area contributed by atoms with Crippen molar-refractivity contribution >= 4 is 46.9 Å². The molecule has 0 bridgehead atoms. The molecule has 3 rings (SSSR count). The summed E-state index contributed by atoms with van der Waals surface area (Å²) in [5.41, 5.74) is 1.63. The third kappa shape index (κ3) is 5.16. The summed E-state index contributed by atoms with van der Waals surface area (Å²) in [5.74, 6) is -0.386. The van der Waals surface area contributed by atoms with E-state index in [0.29, 0.717) is 23.1 Å². The Morgan fingerprint density at radius 1 is 1.21 bits per heavy atom. The van der Waals surface area contributed by atoms with Crippen LogP contribution < -0.4 is 10.2 Å². The van der Waals surface area contributed by atoms with E-state index in [0.717, 1.165) is 22.6 Å². The number of hydrogen-bond donors (Lipinski definition) is 1. The average Bonchev–Trinajstić information content (AvgIpc) is 2.70. The van der Waals surface area contributed by atoms with Gasteiger partial charge in [-0.05, 0) is 42.3 Å². The monoisotopic (exact) mass is 416 g/mol. The van der Waals surface area contributed by atoms with Gasteiger partial charge in [-0.3, -0.25) is 14.5 Å². The maximum absolute atomic E-state index is 13.1. The van der Waals surface area contributed by atoms with Gasteiger partial charge in [-0.1, -0.05) is 47.6 Å². The zero-order valence-corrected chi connectivity index (χ0v) is 17.1. The number of amides is 2. The molecule has 0 atom stereocenters. The summed E-state index contributed by atoms with van der Waals surface area (Å²) >= 11 is 7.35. The second-order valence-electron chi connectivity index (χ2n) is 6.22. The van der Waals surface area contributed by atoms with Crippen molar-refractivity contribution in [2.24, 2.45) is 0 Å². The summed E-state index contributed by atoms with van der Waals surface area (Å²) in [6.45, 7) is 1.07. The van der Waals surface area contributed by atoms with E-state index in [1.54, 1.807) is 19.2 Å². The van der Waals surface area contributed by atoms with Gasteiger partial charge in [0.15, 0.2) is 0 Å². The van der Waals surface area contributed by atoms with Crippen LogP contribution in [0.1, 0.15) is 12.0 Å². The molecule has 0 aliphatic carbocycles. The minimum atomic E-state index is -0.197. The van der Waals surface area contributed by atoms with E-state index in [2.05, 4.69) is 5.32 Å². The van der Waals surface area contributed by atoms with Crippen LogP contribution in [0.15, 0.2) is 58.3 Å².